The molecule has 0 amide bonds. The van der Waals surface area contributed by atoms with E-state index in [9.17, 15) is 9.90 Å². The van der Waals surface area contributed by atoms with Crippen molar-refractivity contribution in [1.29, 1.82) is 0 Å². The molecule has 130 valence electrons. The fraction of sp³-hybridized carbons (Fsp3) is 0.286. The maximum Gasteiger partial charge on any atom is 0.336 e. The summed E-state index contributed by atoms with van der Waals surface area (Å²) in [6.45, 7) is 13.8. The van der Waals surface area contributed by atoms with Gasteiger partial charge in [-0.25, -0.2) is 4.79 Å². The highest BCUT2D eigenvalue weighted by molar-refractivity contribution is 5.94. The Labute approximate surface area is 145 Å². The van der Waals surface area contributed by atoms with Gasteiger partial charge in [0.05, 0.1) is 12.2 Å². The molecule has 0 radical (unpaired) electrons. The van der Waals surface area contributed by atoms with Gasteiger partial charge in [0, 0.05) is 0 Å². The summed E-state index contributed by atoms with van der Waals surface area (Å²) in [6.07, 6.45) is 8.88. The van der Waals surface area contributed by atoms with Gasteiger partial charge in [0.2, 0.25) is 0 Å². The number of benzene rings is 1. The van der Waals surface area contributed by atoms with Crippen molar-refractivity contribution in [1.82, 2.24) is 0 Å². The number of carboxylic acids is 1. The predicted molar refractivity (Wildman–Crippen MR) is 102 cm³/mol. The van der Waals surface area contributed by atoms with Gasteiger partial charge in [0.15, 0.2) is 0 Å². The molecule has 1 rings (SSSR count). The van der Waals surface area contributed by atoms with Crippen LogP contribution in [0.1, 0.15) is 49.5 Å². The van der Waals surface area contributed by atoms with Crippen LogP contribution in [0.3, 0.4) is 0 Å². The quantitative estimate of drug-likeness (QED) is 0.267. The molecule has 0 saturated carbocycles. The van der Waals surface area contributed by atoms with Gasteiger partial charge in [-0.05, 0) is 49.1 Å². The number of hydrogen-bond acceptors (Lipinski definition) is 2. The van der Waals surface area contributed by atoms with Crippen LogP contribution in [0.4, 0.5) is 0 Å². The van der Waals surface area contributed by atoms with Crippen molar-refractivity contribution in [3.63, 3.8) is 0 Å². The molecule has 24 heavy (non-hydrogen) atoms. The second kappa shape index (κ2) is 12.9. The second-order valence-corrected chi connectivity index (χ2v) is 4.76. The Balaban J connectivity index is 0.00000254. The number of carbonyl (C=O) groups is 1. The second-order valence-electron chi connectivity index (χ2n) is 4.76. The van der Waals surface area contributed by atoms with Crippen molar-refractivity contribution in [2.24, 2.45) is 0 Å². The van der Waals surface area contributed by atoms with Gasteiger partial charge in [-0.3, -0.25) is 0 Å². The van der Waals surface area contributed by atoms with Crippen LogP contribution >= 0.6 is 0 Å². The highest BCUT2D eigenvalue weighted by Crippen LogP contribution is 2.21. The third kappa shape index (κ3) is 7.63. The molecule has 0 unspecified atom stereocenters. The molecule has 0 atom stereocenters. The molecule has 1 aromatic rings. The van der Waals surface area contributed by atoms with Crippen molar-refractivity contribution >= 4 is 11.5 Å². The zero-order chi connectivity index (χ0) is 18.4. The molecule has 0 fully saturated rings. The number of rotatable bonds is 9. The summed E-state index contributed by atoms with van der Waals surface area (Å²) in [4.78, 5) is 11.3. The van der Waals surface area contributed by atoms with Crippen molar-refractivity contribution in [3.8, 4) is 0 Å². The first kappa shape index (κ1) is 21.4. The predicted octanol–water partition coefficient (Wildman–Crippen LogP) is 5.87. The summed E-state index contributed by atoms with van der Waals surface area (Å²) >= 11 is 0. The van der Waals surface area contributed by atoms with Crippen LogP contribution in [0.25, 0.3) is 5.57 Å². The summed E-state index contributed by atoms with van der Waals surface area (Å²) < 4.78 is 5.70. The van der Waals surface area contributed by atoms with Crippen LogP contribution in [0, 0.1) is 0 Å². The van der Waals surface area contributed by atoms with Gasteiger partial charge in [0.1, 0.15) is 5.76 Å². The molecule has 0 aliphatic carbocycles. The molecule has 0 heterocycles. The van der Waals surface area contributed by atoms with Crippen molar-refractivity contribution in [2.75, 3.05) is 6.61 Å². The number of carboxylic acid groups (broad SMARTS) is 1. The van der Waals surface area contributed by atoms with Crippen molar-refractivity contribution in [2.45, 2.75) is 33.6 Å². The number of allylic oxidation sites excluding steroid dienone is 5. The molecule has 3 nitrogen and oxygen atoms in total. The SMILES string of the molecule is C=C/C=C(\C=C(/C)c1ccccc1C(=O)O)OCCCC=C.CC. The minimum atomic E-state index is -0.940. The topological polar surface area (TPSA) is 46.5 Å². The lowest BCUT2D eigenvalue weighted by atomic mass is 10.0. The Morgan fingerprint density at radius 3 is 2.38 bits per heavy atom. The number of hydrogen-bond donors (Lipinski definition) is 1. The van der Waals surface area contributed by atoms with E-state index in [0.717, 1.165) is 18.4 Å². The summed E-state index contributed by atoms with van der Waals surface area (Å²) in [5.41, 5.74) is 1.79. The normalized spacial score (nSPS) is 11.1. The number of unbranched alkanes of at least 4 members (excludes halogenated alkanes) is 1. The molecule has 0 aliphatic heterocycles. The molecule has 0 bridgehead atoms. The highest BCUT2D eigenvalue weighted by Gasteiger charge is 2.10. The first-order chi connectivity index (χ1) is 11.6. The smallest absolute Gasteiger partial charge is 0.336 e. The van der Waals surface area contributed by atoms with Crippen LogP contribution in [0.2, 0.25) is 0 Å². The molecule has 1 N–H and O–H groups in total. The first-order valence-electron chi connectivity index (χ1n) is 8.17. The Morgan fingerprint density at radius 2 is 1.83 bits per heavy atom. The van der Waals surface area contributed by atoms with E-state index in [1.165, 1.54) is 0 Å². The van der Waals surface area contributed by atoms with Gasteiger partial charge in [0.25, 0.3) is 0 Å². The van der Waals surface area contributed by atoms with E-state index in [0.29, 0.717) is 17.9 Å². The molecule has 0 aliphatic rings. The van der Waals surface area contributed by atoms with Crippen LogP contribution in [-0.2, 0) is 4.74 Å². The van der Waals surface area contributed by atoms with E-state index in [4.69, 9.17) is 4.74 Å². The van der Waals surface area contributed by atoms with Gasteiger partial charge in [-0.15, -0.1) is 6.58 Å². The average molecular weight is 328 g/mol. The standard InChI is InChI=1S/C19H22O3.C2H6/c1-4-6-9-13-22-16(10-5-2)14-15(3)17-11-7-8-12-18(17)19(20)21;1-2/h4-5,7-8,10-12,14H,1-2,6,9,13H2,3H3,(H,20,21);1-2H3/b15-14+,16-10+;. The molecule has 0 spiro atoms. The molecule has 3 heteroatoms. The van der Waals surface area contributed by atoms with Crippen molar-refractivity contribution < 1.29 is 14.6 Å². The monoisotopic (exact) mass is 328 g/mol. The Bertz CT molecular complexity index is 595. The maximum atomic E-state index is 11.3. The summed E-state index contributed by atoms with van der Waals surface area (Å²) in [7, 11) is 0. The Morgan fingerprint density at radius 1 is 1.21 bits per heavy atom. The summed E-state index contributed by atoms with van der Waals surface area (Å²) in [5.74, 6) is -0.277. The minimum Gasteiger partial charge on any atom is -0.494 e. The Hall–Kier alpha value is -2.55. The number of aromatic carboxylic acids is 1. The van der Waals surface area contributed by atoms with E-state index in [1.807, 2.05) is 39.0 Å². The van der Waals surface area contributed by atoms with Gasteiger partial charge in [-0.2, -0.15) is 0 Å². The lowest BCUT2D eigenvalue weighted by Crippen LogP contribution is -2.01. The number of ether oxygens (including phenoxy) is 1. The van der Waals surface area contributed by atoms with Crippen molar-refractivity contribution in [3.05, 3.63) is 78.6 Å². The molecule has 0 saturated heterocycles. The fourth-order valence-electron chi connectivity index (χ4n) is 1.98. The Kier molecular flexibility index (Phi) is 11.6. The molecule has 0 aromatic heterocycles. The first-order valence-corrected chi connectivity index (χ1v) is 8.17. The minimum absolute atomic E-state index is 0.279. The van der Waals surface area contributed by atoms with E-state index in [2.05, 4.69) is 13.2 Å². The highest BCUT2D eigenvalue weighted by atomic mass is 16.5. The van der Waals surface area contributed by atoms with Crippen LogP contribution in [0.5, 0.6) is 0 Å². The fourth-order valence-corrected chi connectivity index (χ4v) is 1.98. The summed E-state index contributed by atoms with van der Waals surface area (Å²) in [6, 6.07) is 6.92. The average Bonchev–Trinajstić information content (AvgIpc) is 2.60. The zero-order valence-corrected chi connectivity index (χ0v) is 14.9. The van der Waals surface area contributed by atoms with Crippen LogP contribution < -0.4 is 0 Å². The van der Waals surface area contributed by atoms with Gasteiger partial charge in [-0.1, -0.05) is 50.8 Å². The van der Waals surface area contributed by atoms with Gasteiger partial charge >= 0.3 is 5.97 Å². The zero-order valence-electron chi connectivity index (χ0n) is 14.9. The van der Waals surface area contributed by atoms with E-state index in [1.54, 1.807) is 30.4 Å². The molecule has 1 aromatic carbocycles. The van der Waals surface area contributed by atoms with E-state index >= 15 is 0 Å². The summed E-state index contributed by atoms with van der Waals surface area (Å²) in [5, 5.41) is 9.25. The van der Waals surface area contributed by atoms with Crippen LogP contribution in [0.15, 0.2) is 67.5 Å². The lowest BCUT2D eigenvalue weighted by Gasteiger charge is -2.10. The van der Waals surface area contributed by atoms with Crippen LogP contribution in [-0.4, -0.2) is 17.7 Å². The molecular formula is C21H28O3. The third-order valence-corrected chi connectivity index (χ3v) is 3.04. The lowest BCUT2D eigenvalue weighted by molar-refractivity contribution is 0.0696. The van der Waals surface area contributed by atoms with E-state index in [-0.39, 0.29) is 5.56 Å². The van der Waals surface area contributed by atoms with Gasteiger partial charge < -0.3 is 9.84 Å². The van der Waals surface area contributed by atoms with E-state index < -0.39 is 5.97 Å². The maximum absolute atomic E-state index is 11.3. The molecular weight excluding hydrogens is 300 g/mol. The third-order valence-electron chi connectivity index (χ3n) is 3.04. The largest absolute Gasteiger partial charge is 0.494 e.